The van der Waals surface area contributed by atoms with Crippen LogP contribution in [0.5, 0.6) is 0 Å². The quantitative estimate of drug-likeness (QED) is 0.565. The van der Waals surface area contributed by atoms with Gasteiger partial charge >= 0.3 is 51.4 Å². The fraction of sp³-hybridized carbons (Fsp3) is 0.917. The second-order valence-electron chi connectivity index (χ2n) is 5.20. The molecule has 1 nitrogen and oxygen atoms in total. The minimum absolute atomic E-state index is 0. The third-order valence-electron chi connectivity index (χ3n) is 4.97. The summed E-state index contributed by atoms with van der Waals surface area (Å²) in [7, 11) is 0. The van der Waals surface area contributed by atoms with Crippen LogP contribution in [0.2, 0.25) is 19.0 Å². The van der Waals surface area contributed by atoms with Crippen LogP contribution < -0.4 is 51.4 Å². The summed E-state index contributed by atoms with van der Waals surface area (Å²) in [6, 6.07) is 0. The molecule has 0 saturated heterocycles. The van der Waals surface area contributed by atoms with Crippen LogP contribution in [0.3, 0.4) is 0 Å². The molecule has 1 rings (SSSR count). The molecule has 16 heavy (non-hydrogen) atoms. The molecule has 0 aromatic rings. The summed E-state index contributed by atoms with van der Waals surface area (Å²) in [6.07, 6.45) is 7.06. The first-order chi connectivity index (χ1) is 7.06. The van der Waals surface area contributed by atoms with Crippen LogP contribution in [-0.2, 0) is 4.79 Å². The Labute approximate surface area is 151 Å². The number of ketones is 1. The summed E-state index contributed by atoms with van der Waals surface area (Å²) in [5.41, 5.74) is 0. The largest absolute Gasteiger partial charge is 1.00 e. The molecule has 0 amide bonds. The predicted molar refractivity (Wildman–Crippen MR) is 72.3 cm³/mol. The van der Waals surface area contributed by atoms with E-state index in [0.29, 0.717) is 5.78 Å². The maximum atomic E-state index is 12.2. The SMILES string of the molecule is CC[B-](CC)(CC)C1(Br)CCCCC1=O.[K+]. The number of Topliss-reactive ketones (excluding diaryl/α,β-unsaturated/α-hetero) is 1. The zero-order chi connectivity index (χ0) is 11.5. The topological polar surface area (TPSA) is 17.1 Å². The van der Waals surface area contributed by atoms with E-state index in [1.807, 2.05) is 0 Å². The van der Waals surface area contributed by atoms with Crippen molar-refractivity contribution in [3.05, 3.63) is 0 Å². The monoisotopic (exact) mass is 312 g/mol. The number of alkyl halides is 1. The van der Waals surface area contributed by atoms with Gasteiger partial charge in [0.1, 0.15) is 5.78 Å². The van der Waals surface area contributed by atoms with Crippen molar-refractivity contribution >= 4 is 27.9 Å². The molecule has 0 aromatic heterocycles. The van der Waals surface area contributed by atoms with Crippen LogP contribution in [0, 0.1) is 0 Å². The van der Waals surface area contributed by atoms with E-state index < -0.39 is 6.15 Å². The minimum Gasteiger partial charge on any atom is -0.302 e. The van der Waals surface area contributed by atoms with Gasteiger partial charge in [-0.25, -0.2) is 0 Å². The van der Waals surface area contributed by atoms with E-state index in [1.54, 1.807) is 0 Å². The van der Waals surface area contributed by atoms with Crippen LogP contribution >= 0.6 is 15.9 Å². The third kappa shape index (κ3) is 3.05. The molecule has 1 unspecified atom stereocenters. The molecule has 1 aliphatic carbocycles. The molecule has 0 spiro atoms. The Morgan fingerprint density at radius 3 is 2.06 bits per heavy atom. The Bertz CT molecular complexity index is 235. The van der Waals surface area contributed by atoms with Gasteiger partial charge in [-0.15, -0.1) is 15.9 Å². The maximum absolute atomic E-state index is 12.2. The van der Waals surface area contributed by atoms with Gasteiger partial charge in [-0.1, -0.05) is 33.6 Å². The molecule has 0 bridgehead atoms. The second kappa shape index (κ2) is 7.44. The van der Waals surface area contributed by atoms with Crippen LogP contribution in [0.4, 0.5) is 0 Å². The summed E-state index contributed by atoms with van der Waals surface area (Å²) in [4.78, 5) is 12.2. The molecule has 0 heterocycles. The van der Waals surface area contributed by atoms with E-state index >= 15 is 0 Å². The van der Waals surface area contributed by atoms with Gasteiger partial charge in [0.25, 0.3) is 0 Å². The number of carbonyl (C=O) groups is 1. The van der Waals surface area contributed by atoms with Gasteiger partial charge in [0.05, 0.1) is 0 Å². The van der Waals surface area contributed by atoms with Gasteiger partial charge in [-0.05, 0) is 10.6 Å². The first-order valence-corrected chi connectivity index (χ1v) is 7.28. The first kappa shape index (κ1) is 17.9. The van der Waals surface area contributed by atoms with Crippen molar-refractivity contribution in [3.63, 3.8) is 0 Å². The van der Waals surface area contributed by atoms with Crippen molar-refractivity contribution in [2.24, 2.45) is 0 Å². The summed E-state index contributed by atoms with van der Waals surface area (Å²) in [5, 5.41) is 0. The van der Waals surface area contributed by atoms with E-state index in [-0.39, 0.29) is 55.6 Å². The van der Waals surface area contributed by atoms with Gasteiger partial charge in [0, 0.05) is 12.6 Å². The molecule has 1 atom stereocenters. The van der Waals surface area contributed by atoms with Crippen molar-refractivity contribution in [3.8, 4) is 0 Å². The van der Waals surface area contributed by atoms with E-state index in [4.69, 9.17) is 0 Å². The number of rotatable bonds is 4. The number of halogens is 1. The van der Waals surface area contributed by atoms with Crippen molar-refractivity contribution in [2.75, 3.05) is 0 Å². The van der Waals surface area contributed by atoms with Gasteiger partial charge in [0.15, 0.2) is 0 Å². The van der Waals surface area contributed by atoms with Crippen molar-refractivity contribution in [1.29, 1.82) is 0 Å². The Hall–Kier alpha value is 1.85. The predicted octanol–water partition coefficient (Wildman–Crippen LogP) is 1.31. The number of hydrogen-bond acceptors (Lipinski definition) is 1. The van der Waals surface area contributed by atoms with Crippen LogP contribution in [0.1, 0.15) is 46.5 Å². The summed E-state index contributed by atoms with van der Waals surface area (Å²) in [5.74, 6) is 0.472. The molecule has 0 radical (unpaired) electrons. The molecule has 0 aromatic carbocycles. The second-order valence-corrected chi connectivity index (χ2v) is 6.61. The minimum atomic E-state index is -0.552. The molecule has 0 N–H and O–H groups in total. The molecule has 1 fully saturated rings. The fourth-order valence-electron chi connectivity index (χ4n) is 3.50. The van der Waals surface area contributed by atoms with Crippen LogP contribution in [0.15, 0.2) is 0 Å². The number of hydrogen-bond donors (Lipinski definition) is 0. The zero-order valence-electron chi connectivity index (χ0n) is 11.3. The van der Waals surface area contributed by atoms with Gasteiger partial charge in [-0.2, -0.15) is 19.0 Å². The summed E-state index contributed by atoms with van der Waals surface area (Å²) >= 11 is 3.84. The average molecular weight is 313 g/mol. The standard InChI is InChI=1S/C12H23BBrO.K/c1-4-13(5-2,6-3)12(14)10-8-7-9-11(12)15;/h4-10H2,1-3H3;/q-1;+1. The smallest absolute Gasteiger partial charge is 0.302 e. The molecule has 88 valence electrons. The Balaban J connectivity index is 0.00000225. The van der Waals surface area contributed by atoms with E-state index in [9.17, 15) is 4.79 Å². The molecule has 0 aliphatic heterocycles. The summed E-state index contributed by atoms with van der Waals surface area (Å²) < 4.78 is -0.163. The van der Waals surface area contributed by atoms with E-state index in [0.717, 1.165) is 38.2 Å². The Morgan fingerprint density at radius 2 is 1.69 bits per heavy atom. The Morgan fingerprint density at radius 1 is 1.19 bits per heavy atom. The molecule has 1 saturated carbocycles. The van der Waals surface area contributed by atoms with Gasteiger partial charge < -0.3 is 4.79 Å². The van der Waals surface area contributed by atoms with Crippen molar-refractivity contribution < 1.29 is 56.2 Å². The van der Waals surface area contributed by atoms with Gasteiger partial charge in [-0.3, -0.25) is 0 Å². The zero-order valence-corrected chi connectivity index (χ0v) is 16.0. The molecular formula is C12H23BBrKO. The molecule has 4 heteroatoms. The van der Waals surface area contributed by atoms with Crippen molar-refractivity contribution in [1.82, 2.24) is 0 Å². The molecule has 1 aliphatic rings. The average Bonchev–Trinajstić information content (AvgIpc) is 2.26. The Kier molecular flexibility index (Phi) is 8.30. The van der Waals surface area contributed by atoms with Gasteiger partial charge in [0.2, 0.25) is 0 Å². The third-order valence-corrected chi connectivity index (χ3v) is 6.78. The normalized spacial score (nSPS) is 26.4. The molecular weight excluding hydrogens is 290 g/mol. The summed E-state index contributed by atoms with van der Waals surface area (Å²) in [6.45, 7) is 6.74. The van der Waals surface area contributed by atoms with Crippen LogP contribution in [0.25, 0.3) is 0 Å². The van der Waals surface area contributed by atoms with Crippen LogP contribution in [-0.4, -0.2) is 16.2 Å². The maximum Gasteiger partial charge on any atom is 1.00 e. The number of carbonyl (C=O) groups excluding carboxylic acids is 1. The first-order valence-electron chi connectivity index (χ1n) is 6.48. The fourth-order valence-corrected chi connectivity index (χ4v) is 4.95. The van der Waals surface area contributed by atoms with Crippen molar-refractivity contribution in [2.45, 2.75) is 69.6 Å². The van der Waals surface area contributed by atoms with E-state index in [1.165, 1.54) is 6.42 Å². The van der Waals surface area contributed by atoms with E-state index in [2.05, 4.69) is 36.7 Å².